The van der Waals surface area contributed by atoms with Gasteiger partial charge in [-0.25, -0.2) is 4.98 Å². The zero-order valence-electron chi connectivity index (χ0n) is 13.4. The Bertz CT molecular complexity index is 757. The highest BCUT2D eigenvalue weighted by Crippen LogP contribution is 2.31. The molecule has 1 aromatic heterocycles. The number of pyridine rings is 1. The van der Waals surface area contributed by atoms with Crippen molar-refractivity contribution in [3.8, 4) is 11.6 Å². The fourth-order valence-corrected chi connectivity index (χ4v) is 1.97. The van der Waals surface area contributed by atoms with Crippen LogP contribution in [0.1, 0.15) is 21.6 Å². The quantitative estimate of drug-likeness (QED) is 0.703. The van der Waals surface area contributed by atoms with Gasteiger partial charge in [0.25, 0.3) is 5.91 Å². The summed E-state index contributed by atoms with van der Waals surface area (Å²) in [5.74, 6) is -0.575. The van der Waals surface area contributed by atoms with Crippen LogP contribution >= 0.6 is 12.4 Å². The molecule has 4 N–H and O–H groups in total. The van der Waals surface area contributed by atoms with Crippen LogP contribution in [0, 0.1) is 0 Å². The molecule has 2 rings (SSSR count). The SMILES string of the molecule is Cl.NCc1cc(Oc2cccc(C(=O)NCCO)c2)nc(C(F)(F)F)c1. The third-order valence-electron chi connectivity index (χ3n) is 3.10. The lowest BCUT2D eigenvalue weighted by Gasteiger charge is -2.12. The van der Waals surface area contributed by atoms with Crippen molar-refractivity contribution in [3.05, 3.63) is 53.2 Å². The zero-order valence-corrected chi connectivity index (χ0v) is 14.2. The van der Waals surface area contributed by atoms with E-state index in [1.54, 1.807) is 0 Å². The Morgan fingerprint density at radius 2 is 2.00 bits per heavy atom. The summed E-state index contributed by atoms with van der Waals surface area (Å²) >= 11 is 0. The van der Waals surface area contributed by atoms with Gasteiger partial charge in [-0.1, -0.05) is 6.07 Å². The molecule has 0 spiro atoms. The minimum atomic E-state index is -4.63. The summed E-state index contributed by atoms with van der Waals surface area (Å²) in [4.78, 5) is 15.3. The van der Waals surface area contributed by atoms with E-state index in [-0.39, 0.29) is 54.9 Å². The van der Waals surface area contributed by atoms with Crippen molar-refractivity contribution in [1.29, 1.82) is 0 Å². The number of rotatable bonds is 6. The lowest BCUT2D eigenvalue weighted by atomic mass is 10.2. The van der Waals surface area contributed by atoms with E-state index in [9.17, 15) is 18.0 Å². The highest BCUT2D eigenvalue weighted by atomic mass is 35.5. The van der Waals surface area contributed by atoms with E-state index in [1.165, 1.54) is 30.3 Å². The standard InChI is InChI=1S/C16H16F3N3O3.ClH/c17-16(18,19)13-6-10(9-20)7-14(22-13)25-12-3-1-2-11(8-12)15(24)21-4-5-23;/h1-3,6-8,23H,4-5,9,20H2,(H,21,24);1H. The smallest absolute Gasteiger partial charge is 0.433 e. The molecule has 26 heavy (non-hydrogen) atoms. The molecular formula is C16H17ClF3N3O3. The number of nitrogens with two attached hydrogens (primary N) is 1. The van der Waals surface area contributed by atoms with Crippen molar-refractivity contribution in [2.45, 2.75) is 12.7 Å². The highest BCUT2D eigenvalue weighted by Gasteiger charge is 2.33. The number of hydrogen-bond donors (Lipinski definition) is 3. The van der Waals surface area contributed by atoms with Crippen LogP contribution in [0.3, 0.4) is 0 Å². The molecule has 6 nitrogen and oxygen atoms in total. The fraction of sp³-hybridized carbons (Fsp3) is 0.250. The Morgan fingerprint density at radius 1 is 1.27 bits per heavy atom. The molecule has 2 aromatic rings. The molecule has 1 heterocycles. The average molecular weight is 392 g/mol. The summed E-state index contributed by atoms with van der Waals surface area (Å²) in [5.41, 5.74) is 4.75. The van der Waals surface area contributed by atoms with Crippen LogP contribution in [0.5, 0.6) is 11.6 Å². The van der Waals surface area contributed by atoms with Crippen molar-refractivity contribution in [3.63, 3.8) is 0 Å². The number of alkyl halides is 3. The van der Waals surface area contributed by atoms with Crippen LogP contribution in [0.25, 0.3) is 0 Å². The van der Waals surface area contributed by atoms with Crippen molar-refractivity contribution < 1.29 is 27.8 Å². The number of halogens is 4. The first-order chi connectivity index (χ1) is 11.8. The fourth-order valence-electron chi connectivity index (χ4n) is 1.97. The van der Waals surface area contributed by atoms with E-state index in [0.29, 0.717) is 0 Å². The molecule has 0 atom stereocenters. The third-order valence-corrected chi connectivity index (χ3v) is 3.10. The van der Waals surface area contributed by atoms with Crippen LogP contribution in [-0.2, 0) is 12.7 Å². The van der Waals surface area contributed by atoms with Crippen LogP contribution in [0.4, 0.5) is 13.2 Å². The second-order valence-corrected chi connectivity index (χ2v) is 5.01. The van der Waals surface area contributed by atoms with E-state index >= 15 is 0 Å². The molecular weight excluding hydrogens is 375 g/mol. The van der Waals surface area contributed by atoms with Crippen molar-refractivity contribution in [1.82, 2.24) is 10.3 Å². The number of aliphatic hydroxyl groups is 1. The van der Waals surface area contributed by atoms with E-state index < -0.39 is 17.8 Å². The summed E-state index contributed by atoms with van der Waals surface area (Å²) in [6.07, 6.45) is -4.63. The summed E-state index contributed by atoms with van der Waals surface area (Å²) in [6.45, 7) is -0.234. The van der Waals surface area contributed by atoms with Gasteiger partial charge in [0.1, 0.15) is 11.4 Å². The highest BCUT2D eigenvalue weighted by molar-refractivity contribution is 5.94. The second kappa shape index (κ2) is 9.37. The van der Waals surface area contributed by atoms with Crippen LogP contribution < -0.4 is 15.8 Å². The maximum atomic E-state index is 12.9. The number of benzene rings is 1. The van der Waals surface area contributed by atoms with Gasteiger partial charge in [-0.15, -0.1) is 12.4 Å². The number of aromatic nitrogens is 1. The lowest BCUT2D eigenvalue weighted by Crippen LogP contribution is -2.26. The molecule has 0 aliphatic carbocycles. The Hall–Kier alpha value is -2.36. The summed E-state index contributed by atoms with van der Waals surface area (Å²) in [5, 5.41) is 11.2. The normalized spacial score (nSPS) is 10.8. The monoisotopic (exact) mass is 391 g/mol. The molecule has 0 aliphatic heterocycles. The largest absolute Gasteiger partial charge is 0.439 e. The summed E-state index contributed by atoms with van der Waals surface area (Å²) in [7, 11) is 0. The summed E-state index contributed by atoms with van der Waals surface area (Å²) in [6, 6.07) is 8.01. The number of carbonyl (C=O) groups is 1. The molecule has 0 aliphatic rings. The van der Waals surface area contributed by atoms with Gasteiger partial charge in [0.2, 0.25) is 5.88 Å². The molecule has 1 aromatic carbocycles. The molecule has 1 amide bonds. The number of amides is 1. The molecule has 142 valence electrons. The van der Waals surface area contributed by atoms with Crippen LogP contribution in [0.15, 0.2) is 36.4 Å². The Morgan fingerprint density at radius 3 is 2.62 bits per heavy atom. The maximum Gasteiger partial charge on any atom is 0.433 e. The molecule has 0 radical (unpaired) electrons. The van der Waals surface area contributed by atoms with Crippen molar-refractivity contribution in [2.24, 2.45) is 5.73 Å². The Labute approximate surface area is 153 Å². The van der Waals surface area contributed by atoms with Crippen molar-refractivity contribution in [2.75, 3.05) is 13.2 Å². The van der Waals surface area contributed by atoms with Gasteiger partial charge in [-0.3, -0.25) is 4.79 Å². The molecule has 0 saturated heterocycles. The van der Waals surface area contributed by atoms with E-state index in [4.69, 9.17) is 15.6 Å². The number of carbonyl (C=O) groups excluding carboxylic acids is 1. The minimum Gasteiger partial charge on any atom is -0.439 e. The minimum absolute atomic E-state index is 0. The second-order valence-electron chi connectivity index (χ2n) is 5.01. The molecule has 10 heteroatoms. The predicted molar refractivity (Wildman–Crippen MR) is 90.3 cm³/mol. The number of nitrogens with one attached hydrogen (secondary N) is 1. The zero-order chi connectivity index (χ0) is 18.4. The van der Waals surface area contributed by atoms with Gasteiger partial charge in [-0.05, 0) is 29.8 Å². The number of hydrogen-bond acceptors (Lipinski definition) is 5. The summed E-state index contributed by atoms with van der Waals surface area (Å²) < 4.78 is 44.0. The average Bonchev–Trinajstić information content (AvgIpc) is 2.58. The molecule has 0 unspecified atom stereocenters. The molecule has 0 fully saturated rings. The van der Waals surface area contributed by atoms with Gasteiger partial charge >= 0.3 is 6.18 Å². The van der Waals surface area contributed by atoms with E-state index in [1.807, 2.05) is 0 Å². The van der Waals surface area contributed by atoms with Gasteiger partial charge in [0.05, 0.1) is 6.61 Å². The first kappa shape index (κ1) is 21.7. The molecule has 0 saturated carbocycles. The number of aliphatic hydroxyl groups excluding tert-OH is 1. The predicted octanol–water partition coefficient (Wildman–Crippen LogP) is 2.50. The Kier molecular flexibility index (Phi) is 7.81. The van der Waals surface area contributed by atoms with E-state index in [0.717, 1.165) is 6.07 Å². The van der Waals surface area contributed by atoms with E-state index in [2.05, 4.69) is 10.3 Å². The topological polar surface area (TPSA) is 97.5 Å². The van der Waals surface area contributed by atoms with Crippen LogP contribution in [0.2, 0.25) is 0 Å². The Balaban J connectivity index is 0.00000338. The maximum absolute atomic E-state index is 12.9. The molecule has 0 bridgehead atoms. The first-order valence-electron chi connectivity index (χ1n) is 7.28. The number of nitrogens with zero attached hydrogens (tertiary/aromatic N) is 1. The third kappa shape index (κ3) is 5.87. The lowest BCUT2D eigenvalue weighted by molar-refractivity contribution is -0.141. The first-order valence-corrected chi connectivity index (χ1v) is 7.28. The van der Waals surface area contributed by atoms with Gasteiger partial charge < -0.3 is 20.9 Å². The van der Waals surface area contributed by atoms with Gasteiger partial charge in [0, 0.05) is 24.7 Å². The number of ether oxygens (including phenoxy) is 1. The van der Waals surface area contributed by atoms with Gasteiger partial charge in [0.15, 0.2) is 0 Å². The van der Waals surface area contributed by atoms with Crippen LogP contribution in [-0.4, -0.2) is 29.1 Å². The van der Waals surface area contributed by atoms with Gasteiger partial charge in [-0.2, -0.15) is 13.2 Å². The van der Waals surface area contributed by atoms with Crippen molar-refractivity contribution >= 4 is 18.3 Å².